The Bertz CT molecular complexity index is 687. The number of aromatic nitrogens is 2. The van der Waals surface area contributed by atoms with Gasteiger partial charge in [0.05, 0.1) is 6.54 Å². The summed E-state index contributed by atoms with van der Waals surface area (Å²) in [6.45, 7) is 5.92. The summed E-state index contributed by atoms with van der Waals surface area (Å²) in [4.78, 5) is 27.4. The van der Waals surface area contributed by atoms with Gasteiger partial charge in [0, 0.05) is 18.0 Å². The number of ketones is 1. The van der Waals surface area contributed by atoms with Crippen LogP contribution < -0.4 is 5.69 Å². The largest absolute Gasteiger partial charge is 0.347 e. The van der Waals surface area contributed by atoms with Gasteiger partial charge in [0.15, 0.2) is 5.78 Å². The Balaban J connectivity index is 2.33. The number of hydrogen-bond acceptors (Lipinski definition) is 3. The highest BCUT2D eigenvalue weighted by atomic mass is 16.2. The minimum absolute atomic E-state index is 0.0238. The summed E-state index contributed by atoms with van der Waals surface area (Å²) in [5, 5.41) is 0. The fraction of sp³-hybridized carbons (Fsp3) is 0.267. The maximum Gasteiger partial charge on any atom is 0.347 e. The monoisotopic (exact) mass is 256 g/mol. The number of aryl methyl sites for hydroxylation is 3. The third-order valence-electron chi connectivity index (χ3n) is 3.24. The van der Waals surface area contributed by atoms with E-state index in [0.29, 0.717) is 5.56 Å². The normalized spacial score (nSPS) is 10.5. The van der Waals surface area contributed by atoms with Crippen molar-refractivity contribution in [2.45, 2.75) is 27.3 Å². The average molecular weight is 256 g/mol. The molecule has 1 heterocycles. The lowest BCUT2D eigenvalue weighted by atomic mass is 9.98. The molecule has 19 heavy (non-hydrogen) atoms. The smallest absolute Gasteiger partial charge is 0.292 e. The minimum atomic E-state index is -0.405. The van der Waals surface area contributed by atoms with Gasteiger partial charge in [-0.1, -0.05) is 6.07 Å². The lowest BCUT2D eigenvalue weighted by Crippen LogP contribution is -2.25. The van der Waals surface area contributed by atoms with Gasteiger partial charge in [0.2, 0.25) is 0 Å². The van der Waals surface area contributed by atoms with E-state index in [1.807, 2.05) is 32.9 Å². The molecule has 0 saturated carbocycles. The predicted octanol–water partition coefficient (Wildman–Crippen LogP) is 2.05. The Morgan fingerprint density at radius 2 is 1.84 bits per heavy atom. The van der Waals surface area contributed by atoms with Crippen LogP contribution >= 0.6 is 0 Å². The Morgan fingerprint density at radius 1 is 1.16 bits per heavy atom. The van der Waals surface area contributed by atoms with Crippen LogP contribution in [-0.4, -0.2) is 15.3 Å². The summed E-state index contributed by atoms with van der Waals surface area (Å²) < 4.78 is 1.32. The number of carbonyl (C=O) groups excluding carboxylic acids is 1. The van der Waals surface area contributed by atoms with Gasteiger partial charge in [-0.3, -0.25) is 9.36 Å². The molecule has 4 nitrogen and oxygen atoms in total. The Kier molecular flexibility index (Phi) is 3.60. The van der Waals surface area contributed by atoms with Crippen LogP contribution in [0, 0.1) is 20.8 Å². The molecule has 0 aliphatic heterocycles. The standard InChI is InChI=1S/C15H16N2O2/c1-10-7-12(3)13(8-11(10)2)14(18)9-17-6-4-5-16-15(17)19/h4-8H,9H2,1-3H3. The van der Waals surface area contributed by atoms with Gasteiger partial charge in [0.1, 0.15) is 0 Å². The molecule has 0 spiro atoms. The number of hydrogen-bond donors (Lipinski definition) is 0. The van der Waals surface area contributed by atoms with E-state index in [1.165, 1.54) is 10.8 Å². The molecule has 1 aromatic carbocycles. The van der Waals surface area contributed by atoms with E-state index < -0.39 is 5.69 Å². The van der Waals surface area contributed by atoms with Crippen molar-refractivity contribution in [2.24, 2.45) is 0 Å². The first kappa shape index (κ1) is 13.2. The Hall–Kier alpha value is -2.23. The van der Waals surface area contributed by atoms with Gasteiger partial charge in [-0.05, 0) is 49.6 Å². The second kappa shape index (κ2) is 5.18. The number of rotatable bonds is 3. The highest BCUT2D eigenvalue weighted by molar-refractivity contribution is 5.97. The van der Waals surface area contributed by atoms with Gasteiger partial charge >= 0.3 is 5.69 Å². The van der Waals surface area contributed by atoms with Crippen LogP contribution in [0.25, 0.3) is 0 Å². The number of Topliss-reactive ketones (excluding diaryl/α,β-unsaturated/α-hetero) is 1. The van der Waals surface area contributed by atoms with E-state index in [4.69, 9.17) is 0 Å². The van der Waals surface area contributed by atoms with Crippen molar-refractivity contribution < 1.29 is 4.79 Å². The minimum Gasteiger partial charge on any atom is -0.292 e. The first-order valence-electron chi connectivity index (χ1n) is 6.11. The average Bonchev–Trinajstić information content (AvgIpc) is 2.36. The fourth-order valence-electron chi connectivity index (χ4n) is 2.01. The molecule has 0 radical (unpaired) electrons. The van der Waals surface area contributed by atoms with E-state index >= 15 is 0 Å². The van der Waals surface area contributed by atoms with Crippen molar-refractivity contribution >= 4 is 5.78 Å². The zero-order valence-corrected chi connectivity index (χ0v) is 11.3. The lowest BCUT2D eigenvalue weighted by molar-refractivity contribution is 0.0969. The summed E-state index contributed by atoms with van der Waals surface area (Å²) >= 11 is 0. The van der Waals surface area contributed by atoms with E-state index in [1.54, 1.807) is 12.3 Å². The van der Waals surface area contributed by atoms with Gasteiger partial charge in [0.25, 0.3) is 0 Å². The predicted molar refractivity (Wildman–Crippen MR) is 73.5 cm³/mol. The van der Waals surface area contributed by atoms with E-state index in [2.05, 4.69) is 4.98 Å². The van der Waals surface area contributed by atoms with Crippen LogP contribution in [0.2, 0.25) is 0 Å². The highest BCUT2D eigenvalue weighted by Gasteiger charge is 2.12. The molecule has 0 saturated heterocycles. The van der Waals surface area contributed by atoms with Crippen LogP contribution in [0.15, 0.2) is 35.4 Å². The van der Waals surface area contributed by atoms with E-state index in [9.17, 15) is 9.59 Å². The van der Waals surface area contributed by atoms with Crippen LogP contribution in [0.1, 0.15) is 27.0 Å². The molecule has 2 aromatic rings. The van der Waals surface area contributed by atoms with Crippen LogP contribution in [0.3, 0.4) is 0 Å². The van der Waals surface area contributed by atoms with E-state index in [-0.39, 0.29) is 12.3 Å². The Morgan fingerprint density at radius 3 is 2.53 bits per heavy atom. The molecule has 0 N–H and O–H groups in total. The van der Waals surface area contributed by atoms with Gasteiger partial charge in [-0.15, -0.1) is 0 Å². The van der Waals surface area contributed by atoms with Crippen molar-refractivity contribution in [1.29, 1.82) is 0 Å². The van der Waals surface area contributed by atoms with Gasteiger partial charge < -0.3 is 0 Å². The van der Waals surface area contributed by atoms with Crippen molar-refractivity contribution in [2.75, 3.05) is 0 Å². The number of nitrogens with zero attached hydrogens (tertiary/aromatic N) is 2. The molecular weight excluding hydrogens is 240 g/mol. The molecule has 0 fully saturated rings. The number of carbonyl (C=O) groups is 1. The van der Waals surface area contributed by atoms with E-state index in [0.717, 1.165) is 16.7 Å². The molecule has 0 aliphatic carbocycles. The van der Waals surface area contributed by atoms with Gasteiger partial charge in [-0.2, -0.15) is 0 Å². The Labute approximate surface area is 111 Å². The molecule has 1 aromatic heterocycles. The molecule has 98 valence electrons. The summed E-state index contributed by atoms with van der Waals surface area (Å²) in [6, 6.07) is 5.52. The molecule has 0 atom stereocenters. The second-order valence-corrected chi connectivity index (χ2v) is 4.70. The quantitative estimate of drug-likeness (QED) is 0.790. The lowest BCUT2D eigenvalue weighted by Gasteiger charge is -2.09. The molecule has 4 heteroatoms. The number of benzene rings is 1. The van der Waals surface area contributed by atoms with Gasteiger partial charge in [-0.25, -0.2) is 9.78 Å². The van der Waals surface area contributed by atoms with Crippen LogP contribution in [-0.2, 0) is 6.54 Å². The van der Waals surface area contributed by atoms with Crippen LogP contribution in [0.5, 0.6) is 0 Å². The molecule has 2 rings (SSSR count). The first-order valence-corrected chi connectivity index (χ1v) is 6.11. The van der Waals surface area contributed by atoms with Crippen molar-refractivity contribution in [3.8, 4) is 0 Å². The zero-order chi connectivity index (χ0) is 14.0. The maximum absolute atomic E-state index is 12.3. The first-order chi connectivity index (χ1) is 8.99. The highest BCUT2D eigenvalue weighted by Crippen LogP contribution is 2.16. The van der Waals surface area contributed by atoms with Crippen molar-refractivity contribution in [3.05, 3.63) is 63.3 Å². The van der Waals surface area contributed by atoms with Crippen molar-refractivity contribution in [1.82, 2.24) is 9.55 Å². The SMILES string of the molecule is Cc1cc(C)c(C(=O)Cn2cccnc2=O)cc1C. The zero-order valence-electron chi connectivity index (χ0n) is 11.3. The fourth-order valence-corrected chi connectivity index (χ4v) is 2.01. The summed E-state index contributed by atoms with van der Waals surface area (Å²) in [5.74, 6) is -0.0734. The molecular formula is C15H16N2O2. The maximum atomic E-state index is 12.3. The second-order valence-electron chi connectivity index (χ2n) is 4.70. The summed E-state index contributed by atoms with van der Waals surface area (Å²) in [7, 11) is 0. The molecule has 0 bridgehead atoms. The topological polar surface area (TPSA) is 52.0 Å². The summed E-state index contributed by atoms with van der Waals surface area (Å²) in [5.41, 5.74) is 3.43. The van der Waals surface area contributed by atoms with Crippen LogP contribution in [0.4, 0.5) is 0 Å². The third-order valence-corrected chi connectivity index (χ3v) is 3.24. The molecule has 0 amide bonds. The molecule has 0 aliphatic rings. The summed E-state index contributed by atoms with van der Waals surface area (Å²) in [6.07, 6.45) is 2.99. The molecule has 0 unspecified atom stereocenters. The third kappa shape index (κ3) is 2.78. The van der Waals surface area contributed by atoms with Crippen molar-refractivity contribution in [3.63, 3.8) is 0 Å².